The zero-order valence-electron chi connectivity index (χ0n) is 14.2. The summed E-state index contributed by atoms with van der Waals surface area (Å²) >= 11 is 0. The Labute approximate surface area is 138 Å². The number of nitrogens with zero attached hydrogens (tertiary/aromatic N) is 1. The van der Waals surface area contributed by atoms with E-state index in [4.69, 9.17) is 9.47 Å². The van der Waals surface area contributed by atoms with Crippen molar-refractivity contribution >= 4 is 5.91 Å². The molecule has 1 aromatic carbocycles. The third-order valence-corrected chi connectivity index (χ3v) is 4.96. The first-order valence-corrected chi connectivity index (χ1v) is 8.72. The van der Waals surface area contributed by atoms with Gasteiger partial charge in [-0.15, -0.1) is 0 Å². The molecule has 0 spiro atoms. The van der Waals surface area contributed by atoms with Crippen LogP contribution in [0, 0.1) is 0 Å². The fraction of sp³-hybridized carbons (Fsp3) is 0.632. The Morgan fingerprint density at radius 2 is 2.13 bits per heavy atom. The summed E-state index contributed by atoms with van der Waals surface area (Å²) in [6, 6.07) is 8.39. The predicted octanol–water partition coefficient (Wildman–Crippen LogP) is 3.11. The molecule has 0 unspecified atom stereocenters. The molecule has 3 rings (SSSR count). The molecular formula is C19H27NO3. The molecule has 1 fully saturated rings. The van der Waals surface area contributed by atoms with Gasteiger partial charge in [-0.05, 0) is 43.7 Å². The van der Waals surface area contributed by atoms with Gasteiger partial charge in [-0.1, -0.05) is 24.3 Å². The lowest BCUT2D eigenvalue weighted by Crippen LogP contribution is -2.34. The van der Waals surface area contributed by atoms with E-state index in [0.717, 1.165) is 32.3 Å². The van der Waals surface area contributed by atoms with E-state index < -0.39 is 0 Å². The Balaban J connectivity index is 1.51. The van der Waals surface area contributed by atoms with Gasteiger partial charge in [0.1, 0.15) is 6.10 Å². The number of hydrogen-bond donors (Lipinski definition) is 0. The second kappa shape index (κ2) is 7.45. The topological polar surface area (TPSA) is 38.8 Å². The summed E-state index contributed by atoms with van der Waals surface area (Å²) in [6.45, 7) is 3.46. The van der Waals surface area contributed by atoms with Crippen LogP contribution in [0.1, 0.15) is 49.8 Å². The smallest absolute Gasteiger partial charge is 0.222 e. The number of likely N-dealkylation sites (N-methyl/N-ethyl adjacent to an activating group) is 1. The zero-order valence-corrected chi connectivity index (χ0v) is 14.2. The predicted molar refractivity (Wildman–Crippen MR) is 89.3 cm³/mol. The van der Waals surface area contributed by atoms with Crippen LogP contribution in [0.5, 0.6) is 0 Å². The van der Waals surface area contributed by atoms with Crippen LogP contribution in [-0.2, 0) is 20.7 Å². The number of carbonyl (C=O) groups is 1. The van der Waals surface area contributed by atoms with Crippen LogP contribution < -0.4 is 0 Å². The fourth-order valence-corrected chi connectivity index (χ4v) is 3.55. The third kappa shape index (κ3) is 4.12. The van der Waals surface area contributed by atoms with Crippen molar-refractivity contribution in [3.63, 3.8) is 0 Å². The Morgan fingerprint density at radius 3 is 2.91 bits per heavy atom. The number of ether oxygens (including phenoxy) is 2. The normalized spacial score (nSPS) is 26.8. The monoisotopic (exact) mass is 317 g/mol. The summed E-state index contributed by atoms with van der Waals surface area (Å²) in [5, 5.41) is 0. The van der Waals surface area contributed by atoms with E-state index in [9.17, 15) is 4.79 Å². The lowest BCUT2D eigenvalue weighted by Gasteiger charge is -2.30. The van der Waals surface area contributed by atoms with Crippen molar-refractivity contribution in [3.8, 4) is 0 Å². The number of benzene rings is 1. The first kappa shape index (κ1) is 16.5. The van der Waals surface area contributed by atoms with E-state index >= 15 is 0 Å². The van der Waals surface area contributed by atoms with E-state index in [2.05, 4.69) is 25.1 Å². The van der Waals surface area contributed by atoms with Gasteiger partial charge in [-0.25, -0.2) is 0 Å². The van der Waals surface area contributed by atoms with Crippen molar-refractivity contribution in [2.75, 3.05) is 20.2 Å². The average Bonchev–Trinajstić information content (AvgIpc) is 2.98. The minimum absolute atomic E-state index is 0.00310. The number of carbonyl (C=O) groups excluding carboxylic acids is 1. The number of rotatable bonds is 5. The fourth-order valence-electron chi connectivity index (χ4n) is 3.55. The van der Waals surface area contributed by atoms with Crippen LogP contribution in [-0.4, -0.2) is 43.2 Å². The van der Waals surface area contributed by atoms with Gasteiger partial charge < -0.3 is 14.4 Å². The summed E-state index contributed by atoms with van der Waals surface area (Å²) in [6.07, 6.45) is 5.14. The number of amides is 1. The van der Waals surface area contributed by atoms with Crippen LogP contribution in [0.25, 0.3) is 0 Å². The van der Waals surface area contributed by atoms with Crippen LogP contribution >= 0.6 is 0 Å². The molecule has 1 amide bonds. The molecule has 23 heavy (non-hydrogen) atoms. The van der Waals surface area contributed by atoms with Crippen molar-refractivity contribution in [3.05, 3.63) is 35.4 Å². The van der Waals surface area contributed by atoms with Crippen molar-refractivity contribution in [1.29, 1.82) is 0 Å². The maximum Gasteiger partial charge on any atom is 0.222 e. The summed E-state index contributed by atoms with van der Waals surface area (Å²) in [5.41, 5.74) is 2.57. The molecule has 0 radical (unpaired) electrons. The highest BCUT2D eigenvalue weighted by atomic mass is 16.5. The highest BCUT2D eigenvalue weighted by Crippen LogP contribution is 2.28. The molecule has 126 valence electrons. The largest absolute Gasteiger partial charge is 0.375 e. The van der Waals surface area contributed by atoms with Crippen molar-refractivity contribution < 1.29 is 14.3 Å². The zero-order chi connectivity index (χ0) is 16.2. The van der Waals surface area contributed by atoms with Gasteiger partial charge in [-0.2, -0.15) is 0 Å². The van der Waals surface area contributed by atoms with Gasteiger partial charge in [0, 0.05) is 13.5 Å². The Kier molecular flexibility index (Phi) is 5.34. The molecular weight excluding hydrogens is 290 g/mol. The van der Waals surface area contributed by atoms with E-state index in [1.165, 1.54) is 11.1 Å². The highest BCUT2D eigenvalue weighted by Gasteiger charge is 2.25. The molecule has 0 bridgehead atoms. The summed E-state index contributed by atoms with van der Waals surface area (Å²) in [5.74, 6) is 0.180. The second-order valence-electron chi connectivity index (χ2n) is 6.77. The van der Waals surface area contributed by atoms with Crippen LogP contribution in [0.15, 0.2) is 24.3 Å². The summed E-state index contributed by atoms with van der Waals surface area (Å²) in [4.78, 5) is 14.2. The molecule has 0 N–H and O–H groups in total. The standard InChI is InChI=1S/C19H27NO3/c1-14-7-8-16(23-14)9-10-19(21)20(2)13-18-17-6-4-3-5-15(17)11-12-22-18/h3-6,14,16,18H,7-13H2,1-2H3/t14-,16-,18-/m1/s1. The second-order valence-corrected chi connectivity index (χ2v) is 6.77. The van der Waals surface area contributed by atoms with E-state index in [-0.39, 0.29) is 18.1 Å². The lowest BCUT2D eigenvalue weighted by molar-refractivity contribution is -0.132. The lowest BCUT2D eigenvalue weighted by atomic mass is 9.97. The molecule has 2 heterocycles. The van der Waals surface area contributed by atoms with Crippen LogP contribution in [0.4, 0.5) is 0 Å². The van der Waals surface area contributed by atoms with Gasteiger partial charge in [0.2, 0.25) is 5.91 Å². The van der Waals surface area contributed by atoms with E-state index in [0.29, 0.717) is 19.1 Å². The molecule has 2 aliphatic rings. The Hall–Kier alpha value is -1.39. The molecule has 0 saturated carbocycles. The van der Waals surface area contributed by atoms with E-state index in [1.54, 1.807) is 0 Å². The van der Waals surface area contributed by atoms with Gasteiger partial charge in [0.25, 0.3) is 0 Å². The SMILES string of the molecule is C[C@@H]1CC[C@H](CCC(=O)N(C)C[C@H]2OCCc3ccccc32)O1. The molecule has 0 aliphatic carbocycles. The minimum atomic E-state index is -0.00310. The maximum atomic E-state index is 12.4. The third-order valence-electron chi connectivity index (χ3n) is 4.96. The molecule has 4 heteroatoms. The van der Waals surface area contributed by atoms with Crippen molar-refractivity contribution in [2.45, 2.75) is 57.3 Å². The van der Waals surface area contributed by atoms with E-state index in [1.807, 2.05) is 18.0 Å². The Bertz CT molecular complexity index is 545. The first-order valence-electron chi connectivity index (χ1n) is 8.72. The van der Waals surface area contributed by atoms with Gasteiger partial charge in [-0.3, -0.25) is 4.79 Å². The highest BCUT2D eigenvalue weighted by molar-refractivity contribution is 5.75. The van der Waals surface area contributed by atoms with Crippen molar-refractivity contribution in [1.82, 2.24) is 4.90 Å². The summed E-state index contributed by atoms with van der Waals surface area (Å²) < 4.78 is 11.7. The Morgan fingerprint density at radius 1 is 1.30 bits per heavy atom. The van der Waals surface area contributed by atoms with Gasteiger partial charge >= 0.3 is 0 Å². The molecule has 0 aromatic heterocycles. The minimum Gasteiger partial charge on any atom is -0.375 e. The van der Waals surface area contributed by atoms with Crippen molar-refractivity contribution in [2.24, 2.45) is 0 Å². The number of fused-ring (bicyclic) bond motifs is 1. The maximum absolute atomic E-state index is 12.4. The summed E-state index contributed by atoms with van der Waals surface area (Å²) in [7, 11) is 1.88. The van der Waals surface area contributed by atoms with Gasteiger partial charge in [0.15, 0.2) is 0 Å². The first-order chi connectivity index (χ1) is 11.1. The molecule has 1 saturated heterocycles. The number of hydrogen-bond acceptors (Lipinski definition) is 3. The molecule has 3 atom stereocenters. The van der Waals surface area contributed by atoms with Crippen LogP contribution in [0.3, 0.4) is 0 Å². The average molecular weight is 317 g/mol. The van der Waals surface area contributed by atoms with Gasteiger partial charge in [0.05, 0.1) is 25.4 Å². The molecule has 2 aliphatic heterocycles. The van der Waals surface area contributed by atoms with Crippen LogP contribution in [0.2, 0.25) is 0 Å². The molecule has 4 nitrogen and oxygen atoms in total. The quantitative estimate of drug-likeness (QED) is 0.837. The molecule has 1 aromatic rings.